The lowest BCUT2D eigenvalue weighted by Crippen LogP contribution is -2.15. The Bertz CT molecular complexity index is 624. The largest absolute Gasteiger partial charge is 0.398 e. The number of nitrogen functional groups attached to an aromatic ring is 2. The Hall–Kier alpha value is -1.96. The Morgan fingerprint density at radius 2 is 0.909 bits per heavy atom. The topological polar surface area (TPSA) is 52.0 Å². The first-order valence-corrected chi connectivity index (χ1v) is 7.80. The van der Waals surface area contributed by atoms with E-state index in [0.29, 0.717) is 0 Å². The molecule has 0 unspecified atom stereocenters. The van der Waals surface area contributed by atoms with Gasteiger partial charge in [0.1, 0.15) is 0 Å². The molecule has 0 aromatic heterocycles. The van der Waals surface area contributed by atoms with Crippen LogP contribution in [-0.4, -0.2) is 0 Å². The van der Waals surface area contributed by atoms with E-state index >= 15 is 0 Å². The molecule has 118 valence electrons. The summed E-state index contributed by atoms with van der Waals surface area (Å²) in [4.78, 5) is 0. The average molecular weight is 296 g/mol. The van der Waals surface area contributed by atoms with Crippen molar-refractivity contribution in [3.05, 3.63) is 47.5 Å². The highest BCUT2D eigenvalue weighted by atomic mass is 14.6. The Morgan fingerprint density at radius 3 is 1.18 bits per heavy atom. The number of rotatable bonds is 1. The van der Waals surface area contributed by atoms with Crippen LogP contribution in [0.4, 0.5) is 11.4 Å². The van der Waals surface area contributed by atoms with Crippen LogP contribution in [0.25, 0.3) is 11.1 Å². The fourth-order valence-corrected chi connectivity index (χ4v) is 2.77. The molecule has 0 radical (unpaired) electrons. The zero-order valence-corrected chi connectivity index (χ0v) is 14.6. The number of anilines is 2. The van der Waals surface area contributed by atoms with Crippen LogP contribution in [-0.2, 0) is 10.8 Å². The summed E-state index contributed by atoms with van der Waals surface area (Å²) in [5.74, 6) is 0. The summed E-state index contributed by atoms with van der Waals surface area (Å²) < 4.78 is 0. The fraction of sp³-hybridized carbons (Fsp3) is 0.400. The Morgan fingerprint density at radius 1 is 0.591 bits per heavy atom. The zero-order chi connectivity index (χ0) is 16.7. The standard InChI is InChI=1S/C20H28N2/c1-19(2,3)15-11-13(7-9-17(15)21)14-8-10-18(22)16(12-14)20(4,5)6/h7-12H,21-22H2,1-6H3. The van der Waals surface area contributed by atoms with Gasteiger partial charge >= 0.3 is 0 Å². The van der Waals surface area contributed by atoms with Gasteiger partial charge in [0.05, 0.1) is 0 Å². The van der Waals surface area contributed by atoms with Crippen molar-refractivity contribution in [3.8, 4) is 11.1 Å². The van der Waals surface area contributed by atoms with Crippen molar-refractivity contribution < 1.29 is 0 Å². The van der Waals surface area contributed by atoms with Gasteiger partial charge in [-0.05, 0) is 57.3 Å². The first-order valence-electron chi connectivity index (χ1n) is 7.80. The van der Waals surface area contributed by atoms with E-state index in [0.717, 1.165) is 11.4 Å². The molecule has 4 N–H and O–H groups in total. The summed E-state index contributed by atoms with van der Waals surface area (Å²) in [5, 5.41) is 0. The van der Waals surface area contributed by atoms with Crippen molar-refractivity contribution in [2.75, 3.05) is 11.5 Å². The maximum Gasteiger partial charge on any atom is 0.0352 e. The Kier molecular flexibility index (Phi) is 3.99. The van der Waals surface area contributed by atoms with Crippen LogP contribution in [0.5, 0.6) is 0 Å². The van der Waals surface area contributed by atoms with Crippen LogP contribution >= 0.6 is 0 Å². The molecular formula is C20H28N2. The predicted octanol–water partition coefficient (Wildman–Crippen LogP) is 5.11. The molecule has 2 nitrogen and oxygen atoms in total. The lowest BCUT2D eigenvalue weighted by atomic mass is 9.82. The maximum absolute atomic E-state index is 6.16. The molecule has 0 aliphatic heterocycles. The maximum atomic E-state index is 6.16. The monoisotopic (exact) mass is 296 g/mol. The van der Waals surface area contributed by atoms with Crippen LogP contribution in [0.3, 0.4) is 0 Å². The van der Waals surface area contributed by atoms with Gasteiger partial charge in [0.2, 0.25) is 0 Å². The van der Waals surface area contributed by atoms with Crippen molar-refractivity contribution in [1.82, 2.24) is 0 Å². The third-order valence-electron chi connectivity index (χ3n) is 4.06. The van der Waals surface area contributed by atoms with E-state index in [1.54, 1.807) is 0 Å². The van der Waals surface area contributed by atoms with Gasteiger partial charge in [-0.2, -0.15) is 0 Å². The third-order valence-corrected chi connectivity index (χ3v) is 4.06. The summed E-state index contributed by atoms with van der Waals surface area (Å²) in [5.41, 5.74) is 18.8. The fourth-order valence-electron chi connectivity index (χ4n) is 2.77. The van der Waals surface area contributed by atoms with E-state index in [4.69, 9.17) is 11.5 Å². The number of nitrogens with two attached hydrogens (primary N) is 2. The van der Waals surface area contributed by atoms with Gasteiger partial charge in [0, 0.05) is 11.4 Å². The zero-order valence-electron chi connectivity index (χ0n) is 14.6. The van der Waals surface area contributed by atoms with Gasteiger partial charge in [-0.15, -0.1) is 0 Å². The van der Waals surface area contributed by atoms with Crippen LogP contribution < -0.4 is 11.5 Å². The summed E-state index contributed by atoms with van der Waals surface area (Å²) in [7, 11) is 0. The SMILES string of the molecule is CC(C)(C)c1cc(-c2ccc(N)c(C(C)(C)C)c2)ccc1N. The van der Waals surface area contributed by atoms with Crippen molar-refractivity contribution in [2.24, 2.45) is 0 Å². The Balaban J connectivity index is 2.59. The molecule has 0 fully saturated rings. The number of benzene rings is 2. The summed E-state index contributed by atoms with van der Waals surface area (Å²) in [6.07, 6.45) is 0. The van der Waals surface area contributed by atoms with Crippen LogP contribution in [0.1, 0.15) is 52.7 Å². The predicted molar refractivity (Wildman–Crippen MR) is 98.1 cm³/mol. The number of hydrogen-bond acceptors (Lipinski definition) is 2. The minimum atomic E-state index is 0.0285. The molecule has 0 saturated carbocycles. The summed E-state index contributed by atoms with van der Waals surface area (Å²) in [6.45, 7) is 13.1. The summed E-state index contributed by atoms with van der Waals surface area (Å²) >= 11 is 0. The average Bonchev–Trinajstić information content (AvgIpc) is 2.37. The lowest BCUT2D eigenvalue weighted by molar-refractivity contribution is 0.591. The highest BCUT2D eigenvalue weighted by Gasteiger charge is 2.20. The molecule has 2 rings (SSSR count). The van der Waals surface area contributed by atoms with Crippen LogP contribution in [0.15, 0.2) is 36.4 Å². The second-order valence-corrected chi connectivity index (χ2v) is 8.10. The lowest BCUT2D eigenvalue weighted by Gasteiger charge is -2.24. The van der Waals surface area contributed by atoms with Gasteiger partial charge < -0.3 is 11.5 Å². The quantitative estimate of drug-likeness (QED) is 0.718. The smallest absolute Gasteiger partial charge is 0.0352 e. The number of hydrogen-bond donors (Lipinski definition) is 2. The van der Waals surface area contributed by atoms with Crippen LogP contribution in [0, 0.1) is 0 Å². The third kappa shape index (κ3) is 3.27. The highest BCUT2D eigenvalue weighted by Crippen LogP contribution is 2.35. The molecule has 0 spiro atoms. The van der Waals surface area contributed by atoms with Crippen molar-refractivity contribution in [2.45, 2.75) is 52.4 Å². The molecule has 0 amide bonds. The van der Waals surface area contributed by atoms with E-state index in [2.05, 4.69) is 65.8 Å². The molecule has 2 heteroatoms. The van der Waals surface area contributed by atoms with Gasteiger partial charge in [-0.1, -0.05) is 53.7 Å². The second kappa shape index (κ2) is 5.35. The van der Waals surface area contributed by atoms with Gasteiger partial charge in [0.25, 0.3) is 0 Å². The van der Waals surface area contributed by atoms with Gasteiger partial charge in [-0.3, -0.25) is 0 Å². The van der Waals surface area contributed by atoms with E-state index in [1.807, 2.05) is 12.1 Å². The normalized spacial score (nSPS) is 12.5. The minimum absolute atomic E-state index is 0.0285. The highest BCUT2D eigenvalue weighted by molar-refractivity contribution is 5.72. The molecular weight excluding hydrogens is 268 g/mol. The molecule has 2 aromatic carbocycles. The molecule has 22 heavy (non-hydrogen) atoms. The van der Waals surface area contributed by atoms with Crippen molar-refractivity contribution in [1.29, 1.82) is 0 Å². The van der Waals surface area contributed by atoms with E-state index in [1.165, 1.54) is 22.3 Å². The van der Waals surface area contributed by atoms with Crippen LogP contribution in [0.2, 0.25) is 0 Å². The molecule has 0 aliphatic carbocycles. The van der Waals surface area contributed by atoms with Crippen molar-refractivity contribution >= 4 is 11.4 Å². The van der Waals surface area contributed by atoms with E-state index < -0.39 is 0 Å². The van der Waals surface area contributed by atoms with Crippen molar-refractivity contribution in [3.63, 3.8) is 0 Å². The first kappa shape index (κ1) is 16.4. The molecule has 0 bridgehead atoms. The van der Waals surface area contributed by atoms with E-state index in [-0.39, 0.29) is 10.8 Å². The second-order valence-electron chi connectivity index (χ2n) is 8.10. The Labute approximate surface area is 134 Å². The molecule has 0 saturated heterocycles. The van der Waals surface area contributed by atoms with E-state index in [9.17, 15) is 0 Å². The molecule has 0 atom stereocenters. The van der Waals surface area contributed by atoms with Gasteiger partial charge in [-0.25, -0.2) is 0 Å². The van der Waals surface area contributed by atoms with Gasteiger partial charge in [0.15, 0.2) is 0 Å². The first-order chi connectivity index (χ1) is 10.00. The molecule has 0 aliphatic rings. The minimum Gasteiger partial charge on any atom is -0.398 e. The molecule has 0 heterocycles. The summed E-state index contributed by atoms with van der Waals surface area (Å²) in [6, 6.07) is 12.6. The molecule has 2 aromatic rings.